The molecule has 2 N–H and O–H groups in total. The lowest BCUT2D eigenvalue weighted by molar-refractivity contribution is -0.126. The minimum absolute atomic E-state index is 0.130. The minimum Gasteiger partial charge on any atom is -0.325 e. The molecule has 0 spiro atoms. The molecule has 1 fully saturated rings. The number of para-hydroxylation sites is 1. The molecule has 1 aromatic rings. The average Bonchev–Trinajstić information content (AvgIpc) is 2.47. The van der Waals surface area contributed by atoms with Crippen LogP contribution in [-0.2, 0) is 4.79 Å². The standard InChI is InChI=1S/C16H22N2OS/c1-3-12-20-14-7-5-4-6-13(14)18-15(19)16(2)8-10-17-11-9-16/h3-7,17H,1,8-12H2,2H3,(H,18,19). The zero-order valence-electron chi connectivity index (χ0n) is 11.9. The second-order valence-corrected chi connectivity index (χ2v) is 6.42. The lowest BCUT2D eigenvalue weighted by Gasteiger charge is -2.32. The SMILES string of the molecule is C=CCSc1ccccc1NC(=O)C1(C)CCNCC1. The van der Waals surface area contributed by atoms with Gasteiger partial charge in [0.05, 0.1) is 5.69 Å². The van der Waals surface area contributed by atoms with Gasteiger partial charge in [0, 0.05) is 16.1 Å². The van der Waals surface area contributed by atoms with Crippen LogP contribution >= 0.6 is 11.8 Å². The Labute approximate surface area is 125 Å². The fourth-order valence-electron chi connectivity index (χ4n) is 2.32. The molecule has 1 saturated heterocycles. The Kier molecular flexibility index (Phi) is 5.26. The van der Waals surface area contributed by atoms with E-state index in [2.05, 4.69) is 24.1 Å². The summed E-state index contributed by atoms with van der Waals surface area (Å²) in [6.45, 7) is 7.62. The minimum atomic E-state index is -0.262. The Morgan fingerprint density at radius 1 is 1.45 bits per heavy atom. The van der Waals surface area contributed by atoms with E-state index in [1.165, 1.54) is 0 Å². The number of benzene rings is 1. The van der Waals surface area contributed by atoms with Crippen LogP contribution in [0.25, 0.3) is 0 Å². The van der Waals surface area contributed by atoms with E-state index in [9.17, 15) is 4.79 Å². The highest BCUT2D eigenvalue weighted by atomic mass is 32.2. The van der Waals surface area contributed by atoms with Crippen LogP contribution in [0.5, 0.6) is 0 Å². The molecule has 1 amide bonds. The summed E-state index contributed by atoms with van der Waals surface area (Å²) in [5.74, 6) is 0.972. The molecule has 0 atom stereocenters. The molecule has 1 aliphatic heterocycles. The second-order valence-electron chi connectivity index (χ2n) is 5.36. The number of nitrogens with one attached hydrogen (secondary N) is 2. The summed E-state index contributed by atoms with van der Waals surface area (Å²) < 4.78 is 0. The van der Waals surface area contributed by atoms with E-state index in [0.29, 0.717) is 0 Å². The molecular formula is C16H22N2OS. The van der Waals surface area contributed by atoms with Crippen molar-refractivity contribution in [2.45, 2.75) is 24.7 Å². The molecule has 1 aliphatic rings. The maximum absolute atomic E-state index is 12.5. The van der Waals surface area contributed by atoms with Gasteiger partial charge in [-0.25, -0.2) is 0 Å². The molecule has 0 saturated carbocycles. The topological polar surface area (TPSA) is 41.1 Å². The zero-order chi connectivity index (χ0) is 14.4. The number of hydrogen-bond donors (Lipinski definition) is 2. The average molecular weight is 290 g/mol. The van der Waals surface area contributed by atoms with E-state index in [1.54, 1.807) is 11.8 Å². The lowest BCUT2D eigenvalue weighted by atomic mass is 9.80. The van der Waals surface area contributed by atoms with Gasteiger partial charge in [-0.05, 0) is 38.1 Å². The van der Waals surface area contributed by atoms with E-state index in [0.717, 1.165) is 42.3 Å². The van der Waals surface area contributed by atoms with Crippen molar-refractivity contribution in [2.75, 3.05) is 24.2 Å². The number of piperidine rings is 1. The van der Waals surface area contributed by atoms with Crippen LogP contribution in [0.3, 0.4) is 0 Å². The van der Waals surface area contributed by atoms with Crippen molar-refractivity contribution in [1.29, 1.82) is 0 Å². The summed E-state index contributed by atoms with van der Waals surface area (Å²) >= 11 is 1.69. The Bertz CT molecular complexity index is 481. The largest absolute Gasteiger partial charge is 0.325 e. The first-order chi connectivity index (χ1) is 9.65. The van der Waals surface area contributed by atoms with Crippen molar-refractivity contribution < 1.29 is 4.79 Å². The van der Waals surface area contributed by atoms with E-state index in [-0.39, 0.29) is 11.3 Å². The van der Waals surface area contributed by atoms with Crippen molar-refractivity contribution in [3.05, 3.63) is 36.9 Å². The predicted molar refractivity (Wildman–Crippen MR) is 86.2 cm³/mol. The first-order valence-corrected chi connectivity index (χ1v) is 7.99. The quantitative estimate of drug-likeness (QED) is 0.646. The molecule has 2 rings (SSSR count). The molecular weight excluding hydrogens is 268 g/mol. The van der Waals surface area contributed by atoms with Crippen LogP contribution in [-0.4, -0.2) is 24.7 Å². The van der Waals surface area contributed by atoms with Crippen LogP contribution in [0, 0.1) is 5.41 Å². The fourth-order valence-corrected chi connectivity index (χ4v) is 3.07. The Morgan fingerprint density at radius 2 is 2.15 bits per heavy atom. The van der Waals surface area contributed by atoms with Gasteiger partial charge in [-0.15, -0.1) is 18.3 Å². The summed E-state index contributed by atoms with van der Waals surface area (Å²) in [6.07, 6.45) is 3.65. The maximum atomic E-state index is 12.5. The van der Waals surface area contributed by atoms with Crippen LogP contribution in [0.2, 0.25) is 0 Å². The highest BCUT2D eigenvalue weighted by Gasteiger charge is 2.34. The van der Waals surface area contributed by atoms with Gasteiger partial charge < -0.3 is 10.6 Å². The summed E-state index contributed by atoms with van der Waals surface area (Å²) in [5, 5.41) is 6.41. The van der Waals surface area contributed by atoms with Crippen molar-refractivity contribution in [2.24, 2.45) is 5.41 Å². The highest BCUT2D eigenvalue weighted by Crippen LogP contribution is 2.32. The summed E-state index contributed by atoms with van der Waals surface area (Å²) in [7, 11) is 0. The number of rotatable bonds is 5. The number of carbonyl (C=O) groups excluding carboxylic acids is 1. The van der Waals surface area contributed by atoms with Crippen molar-refractivity contribution in [1.82, 2.24) is 5.32 Å². The molecule has 108 valence electrons. The Morgan fingerprint density at radius 3 is 2.85 bits per heavy atom. The monoisotopic (exact) mass is 290 g/mol. The molecule has 0 aliphatic carbocycles. The summed E-state index contributed by atoms with van der Waals surface area (Å²) in [6, 6.07) is 7.95. The number of anilines is 1. The van der Waals surface area contributed by atoms with Gasteiger partial charge in [-0.2, -0.15) is 0 Å². The van der Waals surface area contributed by atoms with Gasteiger partial charge >= 0.3 is 0 Å². The van der Waals surface area contributed by atoms with Crippen molar-refractivity contribution in [3.63, 3.8) is 0 Å². The molecule has 0 aromatic heterocycles. The zero-order valence-corrected chi connectivity index (χ0v) is 12.8. The van der Waals surface area contributed by atoms with Gasteiger partial charge in [0.25, 0.3) is 0 Å². The van der Waals surface area contributed by atoms with Crippen LogP contribution in [0.15, 0.2) is 41.8 Å². The lowest BCUT2D eigenvalue weighted by Crippen LogP contribution is -2.42. The predicted octanol–water partition coefficient (Wildman–Crippen LogP) is 3.29. The summed E-state index contributed by atoms with van der Waals surface area (Å²) in [4.78, 5) is 13.6. The molecule has 0 bridgehead atoms. The second kappa shape index (κ2) is 6.95. The molecule has 4 heteroatoms. The fraction of sp³-hybridized carbons (Fsp3) is 0.438. The molecule has 3 nitrogen and oxygen atoms in total. The number of carbonyl (C=O) groups is 1. The van der Waals surface area contributed by atoms with Gasteiger partial charge in [0.2, 0.25) is 5.91 Å². The smallest absolute Gasteiger partial charge is 0.230 e. The molecule has 20 heavy (non-hydrogen) atoms. The molecule has 0 radical (unpaired) electrons. The third kappa shape index (κ3) is 3.64. The number of amides is 1. The summed E-state index contributed by atoms with van der Waals surface area (Å²) in [5.41, 5.74) is 0.644. The molecule has 1 aromatic carbocycles. The van der Waals surface area contributed by atoms with Crippen molar-refractivity contribution in [3.8, 4) is 0 Å². The van der Waals surface area contributed by atoms with E-state index >= 15 is 0 Å². The first-order valence-electron chi connectivity index (χ1n) is 7.00. The Balaban J connectivity index is 2.08. The van der Waals surface area contributed by atoms with Gasteiger partial charge in [-0.1, -0.05) is 25.1 Å². The van der Waals surface area contributed by atoms with Gasteiger partial charge in [0.15, 0.2) is 0 Å². The van der Waals surface area contributed by atoms with E-state index in [1.807, 2.05) is 30.3 Å². The number of hydrogen-bond acceptors (Lipinski definition) is 3. The number of thioether (sulfide) groups is 1. The van der Waals surface area contributed by atoms with E-state index in [4.69, 9.17) is 0 Å². The first kappa shape index (κ1) is 15.1. The molecule has 1 heterocycles. The third-order valence-electron chi connectivity index (χ3n) is 3.75. The van der Waals surface area contributed by atoms with Crippen LogP contribution < -0.4 is 10.6 Å². The van der Waals surface area contributed by atoms with Gasteiger partial charge in [-0.3, -0.25) is 4.79 Å². The normalized spacial score (nSPS) is 17.4. The van der Waals surface area contributed by atoms with Crippen LogP contribution in [0.4, 0.5) is 5.69 Å². The van der Waals surface area contributed by atoms with Gasteiger partial charge in [0.1, 0.15) is 0 Å². The van der Waals surface area contributed by atoms with Crippen molar-refractivity contribution >= 4 is 23.4 Å². The maximum Gasteiger partial charge on any atom is 0.230 e. The highest BCUT2D eigenvalue weighted by molar-refractivity contribution is 7.99. The molecule has 0 unspecified atom stereocenters. The third-order valence-corrected chi connectivity index (χ3v) is 4.82. The Hall–Kier alpha value is -1.26. The van der Waals surface area contributed by atoms with Crippen LogP contribution in [0.1, 0.15) is 19.8 Å². The van der Waals surface area contributed by atoms with E-state index < -0.39 is 0 Å².